The number of carbonyl (C=O) groups is 1. The molecule has 0 fully saturated rings. The normalized spacial score (nSPS) is 11.1. The number of sulfonamides is 1. The molecule has 1 aromatic heterocycles. The van der Waals surface area contributed by atoms with Crippen LogP contribution in [0.15, 0.2) is 59.5 Å². The molecule has 0 amide bonds. The van der Waals surface area contributed by atoms with E-state index < -0.39 is 16.0 Å². The summed E-state index contributed by atoms with van der Waals surface area (Å²) in [5.74, 6) is -0.463. The summed E-state index contributed by atoms with van der Waals surface area (Å²) in [5, 5.41) is 6.89. The number of nitrogens with one attached hydrogen (secondary N) is 3. The van der Waals surface area contributed by atoms with Crippen LogP contribution < -0.4 is 15.4 Å². The van der Waals surface area contributed by atoms with Crippen molar-refractivity contribution in [3.63, 3.8) is 0 Å². The van der Waals surface area contributed by atoms with Gasteiger partial charge in [-0.15, -0.1) is 11.3 Å². The average molecular weight is 476 g/mol. The van der Waals surface area contributed by atoms with Gasteiger partial charge in [-0.2, -0.15) is 0 Å². The second kappa shape index (κ2) is 9.56. The van der Waals surface area contributed by atoms with E-state index in [9.17, 15) is 13.2 Å². The van der Waals surface area contributed by atoms with Gasteiger partial charge in [0.15, 0.2) is 5.11 Å². The fourth-order valence-electron chi connectivity index (χ4n) is 2.98. The van der Waals surface area contributed by atoms with Gasteiger partial charge in [0.1, 0.15) is 10.6 Å². The Morgan fingerprint density at radius 2 is 1.68 bits per heavy atom. The Labute approximate surface area is 190 Å². The number of carbonyl (C=O) groups excluding carboxylic acids is 1. The molecule has 0 radical (unpaired) electrons. The monoisotopic (exact) mass is 475 g/mol. The molecule has 0 aliphatic heterocycles. The largest absolute Gasteiger partial charge is 0.465 e. The van der Waals surface area contributed by atoms with Crippen LogP contribution in [0.2, 0.25) is 0 Å². The lowest BCUT2D eigenvalue weighted by molar-refractivity contribution is 0.0603. The molecular weight excluding hydrogens is 454 g/mol. The van der Waals surface area contributed by atoms with Gasteiger partial charge >= 0.3 is 5.97 Å². The number of ether oxygens (including phenoxy) is 1. The maximum atomic E-state index is 12.6. The van der Waals surface area contributed by atoms with Crippen molar-refractivity contribution in [2.45, 2.75) is 11.8 Å². The molecule has 0 aliphatic rings. The molecule has 0 unspecified atom stereocenters. The summed E-state index contributed by atoms with van der Waals surface area (Å²) in [4.78, 5) is 13.6. The number of thiophene rings is 1. The number of aryl methyl sites for hydroxylation is 1. The van der Waals surface area contributed by atoms with Gasteiger partial charge in [0.25, 0.3) is 0 Å². The Morgan fingerprint density at radius 3 is 2.26 bits per heavy atom. The maximum absolute atomic E-state index is 12.6. The number of benzene rings is 2. The van der Waals surface area contributed by atoms with Crippen molar-refractivity contribution in [2.75, 3.05) is 24.8 Å². The molecule has 162 valence electrons. The zero-order valence-corrected chi connectivity index (χ0v) is 19.5. The highest BCUT2D eigenvalue weighted by Crippen LogP contribution is 2.40. The van der Waals surface area contributed by atoms with E-state index in [-0.39, 0.29) is 10.0 Å². The molecular formula is C21H21N3O4S3. The lowest BCUT2D eigenvalue weighted by Crippen LogP contribution is -2.21. The van der Waals surface area contributed by atoms with E-state index in [1.807, 2.05) is 37.3 Å². The third-order valence-corrected chi connectivity index (χ3v) is 7.11. The Balaban J connectivity index is 1.85. The minimum absolute atomic E-state index is 0.147. The SMILES string of the molecule is CNS(=O)(=O)c1ccc(NC(=S)Nc2sc(C)c(-c3ccccc3)c2C(=O)OC)cc1. The van der Waals surface area contributed by atoms with Crippen molar-refractivity contribution in [3.8, 4) is 11.1 Å². The molecule has 3 N–H and O–H groups in total. The van der Waals surface area contributed by atoms with Gasteiger partial charge in [-0.1, -0.05) is 30.3 Å². The minimum atomic E-state index is -3.51. The summed E-state index contributed by atoms with van der Waals surface area (Å²) in [6.07, 6.45) is 0. The van der Waals surface area contributed by atoms with Crippen molar-refractivity contribution in [2.24, 2.45) is 0 Å². The predicted molar refractivity (Wildman–Crippen MR) is 128 cm³/mol. The lowest BCUT2D eigenvalue weighted by Gasteiger charge is -2.12. The van der Waals surface area contributed by atoms with E-state index >= 15 is 0 Å². The van der Waals surface area contributed by atoms with Gasteiger partial charge in [0.05, 0.1) is 12.0 Å². The van der Waals surface area contributed by atoms with E-state index in [0.717, 1.165) is 16.0 Å². The van der Waals surface area contributed by atoms with Gasteiger partial charge in [0, 0.05) is 16.1 Å². The molecule has 0 atom stereocenters. The van der Waals surface area contributed by atoms with Crippen molar-refractivity contribution in [3.05, 3.63) is 65.0 Å². The molecule has 0 aliphatic carbocycles. The Morgan fingerprint density at radius 1 is 1.03 bits per heavy atom. The summed E-state index contributed by atoms with van der Waals surface area (Å²) >= 11 is 6.80. The number of rotatable bonds is 6. The van der Waals surface area contributed by atoms with Crippen LogP contribution in [-0.4, -0.2) is 33.7 Å². The number of thiocarbonyl (C=S) groups is 1. The molecule has 2 aromatic carbocycles. The predicted octanol–water partition coefficient (Wildman–Crippen LogP) is 4.23. The maximum Gasteiger partial charge on any atom is 0.341 e. The van der Waals surface area contributed by atoms with Crippen LogP contribution in [0.3, 0.4) is 0 Å². The fourth-order valence-corrected chi connectivity index (χ4v) is 5.07. The molecule has 31 heavy (non-hydrogen) atoms. The fraction of sp³-hybridized carbons (Fsp3) is 0.143. The lowest BCUT2D eigenvalue weighted by atomic mass is 10.0. The van der Waals surface area contributed by atoms with Crippen molar-refractivity contribution in [1.82, 2.24) is 4.72 Å². The van der Waals surface area contributed by atoms with Gasteiger partial charge in [-0.05, 0) is 56.0 Å². The molecule has 0 saturated heterocycles. The van der Waals surface area contributed by atoms with Crippen LogP contribution in [0.5, 0.6) is 0 Å². The first kappa shape index (κ1) is 22.9. The number of esters is 1. The average Bonchev–Trinajstić information content (AvgIpc) is 3.09. The third-order valence-electron chi connectivity index (χ3n) is 4.45. The van der Waals surface area contributed by atoms with Gasteiger partial charge in [0.2, 0.25) is 10.0 Å². The molecule has 0 spiro atoms. The molecule has 0 saturated carbocycles. The third kappa shape index (κ3) is 5.10. The number of methoxy groups -OCH3 is 1. The van der Waals surface area contributed by atoms with Gasteiger partial charge in [-0.25, -0.2) is 17.9 Å². The van der Waals surface area contributed by atoms with E-state index in [4.69, 9.17) is 17.0 Å². The first-order valence-electron chi connectivity index (χ1n) is 9.15. The van der Waals surface area contributed by atoms with Crippen LogP contribution in [0, 0.1) is 6.92 Å². The Kier molecular flexibility index (Phi) is 7.06. The highest BCUT2D eigenvalue weighted by atomic mass is 32.2. The zero-order valence-electron chi connectivity index (χ0n) is 17.1. The first-order valence-corrected chi connectivity index (χ1v) is 11.9. The quantitative estimate of drug-likeness (QED) is 0.363. The molecule has 10 heteroatoms. The van der Waals surface area contributed by atoms with Crippen molar-refractivity contribution in [1.29, 1.82) is 0 Å². The molecule has 0 bridgehead atoms. The smallest absolute Gasteiger partial charge is 0.341 e. The Bertz CT molecular complexity index is 1200. The van der Waals surface area contributed by atoms with Crippen molar-refractivity contribution >= 4 is 55.3 Å². The Hall–Kier alpha value is -2.79. The van der Waals surface area contributed by atoms with Crippen LogP contribution in [-0.2, 0) is 14.8 Å². The van der Waals surface area contributed by atoms with Gasteiger partial charge in [-0.3, -0.25) is 0 Å². The minimum Gasteiger partial charge on any atom is -0.465 e. The van der Waals surface area contributed by atoms with Crippen LogP contribution in [0.1, 0.15) is 15.2 Å². The highest BCUT2D eigenvalue weighted by molar-refractivity contribution is 7.89. The van der Waals surface area contributed by atoms with E-state index in [0.29, 0.717) is 16.3 Å². The van der Waals surface area contributed by atoms with E-state index in [2.05, 4.69) is 15.4 Å². The number of hydrogen-bond acceptors (Lipinski definition) is 6. The standard InChI is InChI=1S/C21H21N3O4S3/c1-13-17(14-7-5-4-6-8-14)18(20(25)28-3)19(30-13)24-21(29)23-15-9-11-16(12-10-15)31(26,27)22-2/h4-12,22H,1-3H3,(H2,23,24,29). The molecule has 3 rings (SSSR count). The second-order valence-corrected chi connectivity index (χ2v) is 9.93. The van der Waals surface area contributed by atoms with Crippen LogP contribution >= 0.6 is 23.6 Å². The zero-order chi connectivity index (χ0) is 22.6. The van der Waals surface area contributed by atoms with Crippen LogP contribution in [0.4, 0.5) is 10.7 Å². The summed E-state index contributed by atoms with van der Waals surface area (Å²) < 4.78 is 31.0. The topological polar surface area (TPSA) is 96.5 Å². The highest BCUT2D eigenvalue weighted by Gasteiger charge is 2.24. The number of anilines is 2. The molecule has 1 heterocycles. The van der Waals surface area contributed by atoms with Gasteiger partial charge < -0.3 is 15.4 Å². The summed E-state index contributed by atoms with van der Waals surface area (Å²) in [5.41, 5.74) is 2.72. The van der Waals surface area contributed by atoms with E-state index in [1.165, 1.54) is 37.6 Å². The summed E-state index contributed by atoms with van der Waals surface area (Å²) in [7, 11) is -0.823. The summed E-state index contributed by atoms with van der Waals surface area (Å²) in [6.45, 7) is 1.93. The second-order valence-electron chi connectivity index (χ2n) is 6.41. The molecule has 3 aromatic rings. The molecule has 7 nitrogen and oxygen atoms in total. The first-order chi connectivity index (χ1) is 14.8. The van der Waals surface area contributed by atoms with Crippen molar-refractivity contribution < 1.29 is 17.9 Å². The summed E-state index contributed by atoms with van der Waals surface area (Å²) in [6, 6.07) is 15.7. The number of hydrogen-bond donors (Lipinski definition) is 3. The van der Waals surface area contributed by atoms with E-state index in [1.54, 1.807) is 12.1 Å². The van der Waals surface area contributed by atoms with Crippen LogP contribution in [0.25, 0.3) is 11.1 Å².